The van der Waals surface area contributed by atoms with Crippen LogP contribution in [0.15, 0.2) is 24.3 Å². The number of rotatable bonds is 4. The molecule has 2 aliphatic rings. The molecule has 0 saturated carbocycles. The Morgan fingerprint density at radius 1 is 1.26 bits per heavy atom. The van der Waals surface area contributed by atoms with E-state index in [1.165, 1.54) is 45.1 Å². The molecule has 2 nitrogen and oxygen atoms in total. The summed E-state index contributed by atoms with van der Waals surface area (Å²) in [6.07, 6.45) is 7.73. The Morgan fingerprint density at radius 2 is 2.11 bits per heavy atom. The van der Waals surface area contributed by atoms with Gasteiger partial charge in [0, 0.05) is 18.1 Å². The van der Waals surface area contributed by atoms with Gasteiger partial charge in [0.15, 0.2) is 0 Å². The Hall–Kier alpha value is -0.860. The molecule has 3 atom stereocenters. The fourth-order valence-electron chi connectivity index (χ4n) is 3.70. The van der Waals surface area contributed by atoms with Crippen LogP contribution in [-0.2, 0) is 12.8 Å². The first-order chi connectivity index (χ1) is 9.31. The number of aryl methyl sites for hydroxylation is 1. The molecule has 1 saturated heterocycles. The summed E-state index contributed by atoms with van der Waals surface area (Å²) in [7, 11) is 0. The minimum Gasteiger partial charge on any atom is -0.314 e. The molecule has 19 heavy (non-hydrogen) atoms. The van der Waals surface area contributed by atoms with Crippen LogP contribution >= 0.6 is 0 Å². The highest BCUT2D eigenvalue weighted by Crippen LogP contribution is 2.22. The second-order valence-corrected chi connectivity index (χ2v) is 6.31. The van der Waals surface area contributed by atoms with Gasteiger partial charge in [0.1, 0.15) is 0 Å². The SMILES string of the molecule is CC(CC1CCCN1)NC1CCc2ccccc2C1. The molecule has 104 valence electrons. The summed E-state index contributed by atoms with van der Waals surface area (Å²) in [6, 6.07) is 11.0. The van der Waals surface area contributed by atoms with E-state index in [2.05, 4.69) is 41.8 Å². The van der Waals surface area contributed by atoms with Crippen molar-refractivity contribution in [1.29, 1.82) is 0 Å². The highest BCUT2D eigenvalue weighted by molar-refractivity contribution is 5.30. The Kier molecular flexibility index (Phi) is 4.19. The Morgan fingerprint density at radius 3 is 2.89 bits per heavy atom. The third kappa shape index (κ3) is 3.37. The van der Waals surface area contributed by atoms with Crippen LogP contribution in [-0.4, -0.2) is 24.7 Å². The third-order valence-corrected chi connectivity index (χ3v) is 4.67. The number of hydrogen-bond donors (Lipinski definition) is 2. The predicted octanol–water partition coefficient (Wildman–Crippen LogP) is 2.66. The summed E-state index contributed by atoms with van der Waals surface area (Å²) in [4.78, 5) is 0. The number of benzene rings is 1. The van der Waals surface area contributed by atoms with Gasteiger partial charge in [0.2, 0.25) is 0 Å². The molecule has 0 radical (unpaired) electrons. The zero-order valence-corrected chi connectivity index (χ0v) is 12.0. The lowest BCUT2D eigenvalue weighted by Crippen LogP contribution is -2.42. The molecule has 1 aliphatic carbocycles. The number of hydrogen-bond acceptors (Lipinski definition) is 2. The van der Waals surface area contributed by atoms with Crippen LogP contribution in [0.5, 0.6) is 0 Å². The standard InChI is InChI=1S/C17H26N2/c1-13(11-16-7-4-10-18-16)19-17-9-8-14-5-2-3-6-15(14)12-17/h2-3,5-6,13,16-19H,4,7-12H2,1H3. The Bertz CT molecular complexity index is 409. The molecule has 2 heteroatoms. The Balaban J connectivity index is 1.51. The van der Waals surface area contributed by atoms with Crippen molar-refractivity contribution in [1.82, 2.24) is 10.6 Å². The maximum Gasteiger partial charge on any atom is 0.0113 e. The summed E-state index contributed by atoms with van der Waals surface area (Å²) < 4.78 is 0. The van der Waals surface area contributed by atoms with Gasteiger partial charge in [-0.15, -0.1) is 0 Å². The van der Waals surface area contributed by atoms with Crippen LogP contribution in [0.25, 0.3) is 0 Å². The van der Waals surface area contributed by atoms with Crippen LogP contribution in [0, 0.1) is 0 Å². The van der Waals surface area contributed by atoms with Crippen molar-refractivity contribution in [3.05, 3.63) is 35.4 Å². The van der Waals surface area contributed by atoms with Crippen molar-refractivity contribution in [2.45, 2.75) is 63.6 Å². The first-order valence-electron chi connectivity index (χ1n) is 7.87. The van der Waals surface area contributed by atoms with Crippen LogP contribution in [0.4, 0.5) is 0 Å². The van der Waals surface area contributed by atoms with E-state index in [0.717, 1.165) is 6.04 Å². The predicted molar refractivity (Wildman–Crippen MR) is 80.5 cm³/mol. The lowest BCUT2D eigenvalue weighted by atomic mass is 9.88. The maximum absolute atomic E-state index is 3.85. The van der Waals surface area contributed by atoms with E-state index in [1.807, 2.05) is 0 Å². The molecular weight excluding hydrogens is 232 g/mol. The monoisotopic (exact) mass is 258 g/mol. The number of fused-ring (bicyclic) bond motifs is 1. The van der Waals surface area contributed by atoms with Gasteiger partial charge in [-0.3, -0.25) is 0 Å². The molecule has 3 unspecified atom stereocenters. The first-order valence-corrected chi connectivity index (χ1v) is 7.87. The van der Waals surface area contributed by atoms with Crippen LogP contribution in [0.3, 0.4) is 0 Å². The third-order valence-electron chi connectivity index (χ3n) is 4.67. The van der Waals surface area contributed by atoms with Crippen molar-refractivity contribution in [2.75, 3.05) is 6.54 Å². The molecule has 1 fully saturated rings. The van der Waals surface area contributed by atoms with Gasteiger partial charge in [0.05, 0.1) is 0 Å². The minimum absolute atomic E-state index is 0.630. The summed E-state index contributed by atoms with van der Waals surface area (Å²) in [5, 5.41) is 7.45. The zero-order chi connectivity index (χ0) is 13.1. The quantitative estimate of drug-likeness (QED) is 0.867. The van der Waals surface area contributed by atoms with Gasteiger partial charge in [0.25, 0.3) is 0 Å². The van der Waals surface area contributed by atoms with Gasteiger partial charge in [-0.25, -0.2) is 0 Å². The molecule has 2 N–H and O–H groups in total. The Labute approximate surface area is 117 Å². The normalized spacial score (nSPS) is 28.1. The van der Waals surface area contributed by atoms with Gasteiger partial charge in [-0.2, -0.15) is 0 Å². The second-order valence-electron chi connectivity index (χ2n) is 6.31. The van der Waals surface area contributed by atoms with E-state index in [-0.39, 0.29) is 0 Å². The van der Waals surface area contributed by atoms with Gasteiger partial charge >= 0.3 is 0 Å². The summed E-state index contributed by atoms with van der Waals surface area (Å²) in [5.74, 6) is 0. The van der Waals surface area contributed by atoms with Crippen LogP contribution in [0.1, 0.15) is 43.7 Å². The smallest absolute Gasteiger partial charge is 0.0113 e. The molecule has 1 aliphatic heterocycles. The van der Waals surface area contributed by atoms with E-state index < -0.39 is 0 Å². The fraction of sp³-hybridized carbons (Fsp3) is 0.647. The molecule has 1 aromatic rings. The first kappa shape index (κ1) is 13.1. The van der Waals surface area contributed by atoms with E-state index in [9.17, 15) is 0 Å². The molecule has 0 aromatic heterocycles. The lowest BCUT2D eigenvalue weighted by molar-refractivity contribution is 0.367. The van der Waals surface area contributed by atoms with Crippen molar-refractivity contribution in [2.24, 2.45) is 0 Å². The lowest BCUT2D eigenvalue weighted by Gasteiger charge is -2.29. The summed E-state index contributed by atoms with van der Waals surface area (Å²) >= 11 is 0. The zero-order valence-electron chi connectivity index (χ0n) is 12.0. The molecule has 0 amide bonds. The average molecular weight is 258 g/mol. The molecule has 1 heterocycles. The molecule has 0 spiro atoms. The van der Waals surface area contributed by atoms with Crippen LogP contribution < -0.4 is 10.6 Å². The average Bonchev–Trinajstić information content (AvgIpc) is 2.91. The van der Waals surface area contributed by atoms with Gasteiger partial charge in [-0.1, -0.05) is 24.3 Å². The van der Waals surface area contributed by atoms with Crippen molar-refractivity contribution in [3.63, 3.8) is 0 Å². The van der Waals surface area contributed by atoms with E-state index in [1.54, 1.807) is 11.1 Å². The van der Waals surface area contributed by atoms with Crippen LogP contribution in [0.2, 0.25) is 0 Å². The highest BCUT2D eigenvalue weighted by atomic mass is 15.0. The van der Waals surface area contributed by atoms with Crippen molar-refractivity contribution >= 4 is 0 Å². The number of nitrogens with one attached hydrogen (secondary N) is 2. The summed E-state index contributed by atoms with van der Waals surface area (Å²) in [5.41, 5.74) is 3.11. The largest absolute Gasteiger partial charge is 0.314 e. The molecule has 0 bridgehead atoms. The van der Waals surface area contributed by atoms with Crippen molar-refractivity contribution < 1.29 is 0 Å². The van der Waals surface area contributed by atoms with E-state index >= 15 is 0 Å². The molecule has 1 aromatic carbocycles. The van der Waals surface area contributed by atoms with Gasteiger partial charge in [-0.05, 0) is 63.1 Å². The fourth-order valence-corrected chi connectivity index (χ4v) is 3.70. The van der Waals surface area contributed by atoms with E-state index in [4.69, 9.17) is 0 Å². The van der Waals surface area contributed by atoms with Gasteiger partial charge < -0.3 is 10.6 Å². The van der Waals surface area contributed by atoms with Crippen molar-refractivity contribution in [3.8, 4) is 0 Å². The molecule has 3 rings (SSSR count). The second kappa shape index (κ2) is 6.06. The highest BCUT2D eigenvalue weighted by Gasteiger charge is 2.22. The summed E-state index contributed by atoms with van der Waals surface area (Å²) in [6.45, 7) is 3.56. The van der Waals surface area contributed by atoms with E-state index in [0.29, 0.717) is 12.1 Å². The molecular formula is C17H26N2. The maximum atomic E-state index is 3.85. The minimum atomic E-state index is 0.630. The topological polar surface area (TPSA) is 24.1 Å².